The highest BCUT2D eigenvalue weighted by atomic mass is 19.1. The number of aromatic hydroxyl groups is 2. The van der Waals surface area contributed by atoms with E-state index in [0.717, 1.165) is 50.7 Å². The van der Waals surface area contributed by atoms with Crippen molar-refractivity contribution in [1.29, 1.82) is 0 Å². The molecular weight excluding hydrogens is 297 g/mol. The van der Waals surface area contributed by atoms with Crippen molar-refractivity contribution < 1.29 is 19.4 Å². The molecule has 0 saturated carbocycles. The molecule has 0 spiro atoms. The van der Waals surface area contributed by atoms with Crippen LogP contribution in [0.15, 0.2) is 12.1 Å². The number of nitrogens with one attached hydrogen (secondary N) is 1. The van der Waals surface area contributed by atoms with Crippen LogP contribution in [-0.4, -0.2) is 22.7 Å². The smallest absolute Gasteiger partial charge is 0.251 e. The molecule has 1 rings (SSSR count). The van der Waals surface area contributed by atoms with Gasteiger partial charge in [-0.3, -0.25) is 4.79 Å². The van der Waals surface area contributed by atoms with E-state index in [4.69, 9.17) is 0 Å². The molecule has 130 valence electrons. The quantitative estimate of drug-likeness (QED) is 0.591. The van der Waals surface area contributed by atoms with Crippen LogP contribution >= 0.6 is 0 Å². The predicted molar refractivity (Wildman–Crippen MR) is 89.2 cm³/mol. The van der Waals surface area contributed by atoms with E-state index in [0.29, 0.717) is 6.54 Å². The molecule has 0 radical (unpaired) electrons. The van der Waals surface area contributed by atoms with Gasteiger partial charge in [0.1, 0.15) is 0 Å². The summed E-state index contributed by atoms with van der Waals surface area (Å²) in [6.45, 7) is 6.93. The van der Waals surface area contributed by atoms with Gasteiger partial charge in [-0.15, -0.1) is 0 Å². The molecule has 0 aliphatic rings. The van der Waals surface area contributed by atoms with Gasteiger partial charge >= 0.3 is 0 Å². The van der Waals surface area contributed by atoms with Gasteiger partial charge < -0.3 is 15.5 Å². The zero-order chi connectivity index (χ0) is 17.5. The van der Waals surface area contributed by atoms with E-state index in [1.807, 2.05) is 0 Å². The van der Waals surface area contributed by atoms with Gasteiger partial charge in [0.15, 0.2) is 17.3 Å². The minimum Gasteiger partial charge on any atom is -0.504 e. The molecule has 3 N–H and O–H groups in total. The number of halogens is 1. The molecule has 1 amide bonds. The van der Waals surface area contributed by atoms with Crippen molar-refractivity contribution in [3.8, 4) is 11.5 Å². The zero-order valence-electron chi connectivity index (χ0n) is 14.3. The highest BCUT2D eigenvalue weighted by Crippen LogP contribution is 2.34. The maximum atomic E-state index is 13.4. The summed E-state index contributed by atoms with van der Waals surface area (Å²) in [6.07, 6.45) is 6.23. The van der Waals surface area contributed by atoms with Crippen LogP contribution in [-0.2, 0) is 0 Å². The second-order valence-electron chi connectivity index (χ2n) is 6.26. The molecular formula is C18H28FNO3. The summed E-state index contributed by atoms with van der Waals surface area (Å²) in [5, 5.41) is 21.5. The fraction of sp³-hybridized carbons (Fsp3) is 0.611. The van der Waals surface area contributed by atoms with Crippen molar-refractivity contribution in [3.63, 3.8) is 0 Å². The lowest BCUT2D eigenvalue weighted by molar-refractivity contribution is 0.0914. The largest absolute Gasteiger partial charge is 0.504 e. The Morgan fingerprint density at radius 2 is 1.61 bits per heavy atom. The average molecular weight is 325 g/mol. The Morgan fingerprint density at radius 1 is 1.09 bits per heavy atom. The number of phenols is 2. The molecule has 0 atom stereocenters. The highest BCUT2D eigenvalue weighted by Gasteiger charge is 2.28. The lowest BCUT2D eigenvalue weighted by Crippen LogP contribution is -2.37. The Balaban J connectivity index is 2.86. The van der Waals surface area contributed by atoms with Crippen LogP contribution in [0.2, 0.25) is 0 Å². The zero-order valence-corrected chi connectivity index (χ0v) is 14.3. The van der Waals surface area contributed by atoms with Crippen LogP contribution in [0.5, 0.6) is 11.5 Å². The SMILES string of the molecule is CCCC(CCC)(CCC)CNC(=O)c1cc(O)c(O)c(F)c1. The summed E-state index contributed by atoms with van der Waals surface area (Å²) in [5.41, 5.74) is 0.0713. The van der Waals surface area contributed by atoms with Gasteiger partial charge in [0.25, 0.3) is 5.91 Å². The van der Waals surface area contributed by atoms with Crippen molar-refractivity contribution in [2.24, 2.45) is 5.41 Å². The lowest BCUT2D eigenvalue weighted by atomic mass is 9.75. The third-order valence-electron chi connectivity index (χ3n) is 4.27. The number of phenolic OH excluding ortho intramolecular Hbond substituents is 2. The Morgan fingerprint density at radius 3 is 2.04 bits per heavy atom. The van der Waals surface area contributed by atoms with Crippen molar-refractivity contribution in [2.45, 2.75) is 59.3 Å². The van der Waals surface area contributed by atoms with Crippen LogP contribution in [0.4, 0.5) is 4.39 Å². The number of carbonyl (C=O) groups excluding carboxylic acids is 1. The fourth-order valence-corrected chi connectivity index (χ4v) is 3.32. The first kappa shape index (κ1) is 19.3. The van der Waals surface area contributed by atoms with E-state index in [2.05, 4.69) is 26.1 Å². The number of hydrogen-bond acceptors (Lipinski definition) is 3. The molecule has 1 aromatic carbocycles. The Kier molecular flexibility index (Phi) is 7.33. The van der Waals surface area contributed by atoms with Gasteiger partial charge in [0.05, 0.1) is 0 Å². The van der Waals surface area contributed by atoms with Gasteiger partial charge in [0.2, 0.25) is 0 Å². The maximum absolute atomic E-state index is 13.4. The Bertz CT molecular complexity index is 491. The minimum absolute atomic E-state index is 0.0104. The molecule has 0 aliphatic heterocycles. The number of rotatable bonds is 9. The van der Waals surface area contributed by atoms with E-state index in [9.17, 15) is 19.4 Å². The van der Waals surface area contributed by atoms with E-state index < -0.39 is 23.2 Å². The predicted octanol–water partition coefficient (Wildman–Crippen LogP) is 4.35. The Hall–Kier alpha value is -1.78. The monoisotopic (exact) mass is 325 g/mol. The molecule has 23 heavy (non-hydrogen) atoms. The molecule has 0 heterocycles. The van der Waals surface area contributed by atoms with Gasteiger partial charge in [-0.05, 0) is 36.8 Å². The molecule has 5 heteroatoms. The standard InChI is InChI=1S/C18H28FNO3/c1-4-7-18(8-5-2,9-6-3)12-20-17(23)13-10-14(19)16(22)15(21)11-13/h10-11,21-22H,4-9,12H2,1-3H3,(H,20,23). The first-order chi connectivity index (χ1) is 10.9. The number of amides is 1. The number of benzene rings is 1. The summed E-state index contributed by atoms with van der Waals surface area (Å²) < 4.78 is 13.4. The van der Waals surface area contributed by atoms with Gasteiger partial charge in [-0.2, -0.15) is 0 Å². The van der Waals surface area contributed by atoms with Crippen molar-refractivity contribution in [3.05, 3.63) is 23.5 Å². The van der Waals surface area contributed by atoms with Crippen LogP contribution in [0.3, 0.4) is 0 Å². The summed E-state index contributed by atoms with van der Waals surface area (Å²) in [6, 6.07) is 2.01. The van der Waals surface area contributed by atoms with Crippen LogP contribution < -0.4 is 5.32 Å². The second-order valence-corrected chi connectivity index (χ2v) is 6.26. The molecule has 1 aromatic rings. The van der Waals surface area contributed by atoms with Crippen molar-refractivity contribution >= 4 is 5.91 Å². The van der Waals surface area contributed by atoms with Crippen molar-refractivity contribution in [1.82, 2.24) is 5.32 Å². The molecule has 0 fully saturated rings. The highest BCUT2D eigenvalue weighted by molar-refractivity contribution is 5.94. The molecule has 0 aliphatic carbocycles. The minimum atomic E-state index is -1.00. The van der Waals surface area contributed by atoms with Gasteiger partial charge in [-0.25, -0.2) is 4.39 Å². The number of carbonyl (C=O) groups is 1. The maximum Gasteiger partial charge on any atom is 0.251 e. The average Bonchev–Trinajstić information content (AvgIpc) is 2.50. The molecule has 0 saturated heterocycles. The summed E-state index contributed by atoms with van der Waals surface area (Å²) in [5.74, 6) is -2.90. The summed E-state index contributed by atoms with van der Waals surface area (Å²) in [7, 11) is 0. The van der Waals surface area contributed by atoms with Crippen LogP contribution in [0, 0.1) is 11.2 Å². The van der Waals surface area contributed by atoms with Gasteiger partial charge in [-0.1, -0.05) is 40.0 Å². The molecule has 0 aromatic heterocycles. The third kappa shape index (κ3) is 5.12. The van der Waals surface area contributed by atoms with Gasteiger partial charge in [0, 0.05) is 12.1 Å². The molecule has 0 unspecified atom stereocenters. The summed E-state index contributed by atoms with van der Waals surface area (Å²) in [4.78, 5) is 12.2. The van der Waals surface area contributed by atoms with Crippen molar-refractivity contribution in [2.75, 3.05) is 6.54 Å². The molecule has 4 nitrogen and oxygen atoms in total. The second kappa shape index (κ2) is 8.75. The number of hydrogen-bond donors (Lipinski definition) is 3. The van der Waals surface area contributed by atoms with E-state index in [1.54, 1.807) is 0 Å². The van der Waals surface area contributed by atoms with Crippen LogP contribution in [0.25, 0.3) is 0 Å². The first-order valence-electron chi connectivity index (χ1n) is 8.38. The van der Waals surface area contributed by atoms with E-state index in [-0.39, 0.29) is 11.0 Å². The first-order valence-corrected chi connectivity index (χ1v) is 8.38. The van der Waals surface area contributed by atoms with E-state index in [1.165, 1.54) is 0 Å². The topological polar surface area (TPSA) is 69.6 Å². The summed E-state index contributed by atoms with van der Waals surface area (Å²) >= 11 is 0. The molecule has 0 bridgehead atoms. The normalized spacial score (nSPS) is 11.5. The fourth-order valence-electron chi connectivity index (χ4n) is 3.32. The Labute approximate surface area is 137 Å². The lowest BCUT2D eigenvalue weighted by Gasteiger charge is -2.33. The van der Waals surface area contributed by atoms with E-state index >= 15 is 0 Å². The van der Waals surface area contributed by atoms with Crippen LogP contribution in [0.1, 0.15) is 69.7 Å². The third-order valence-corrected chi connectivity index (χ3v) is 4.27.